The molecule has 107 heavy (non-hydrogen) atoms. The van der Waals surface area contributed by atoms with Gasteiger partial charge >= 0.3 is 5.97 Å². The van der Waals surface area contributed by atoms with Crippen molar-refractivity contribution >= 4 is 120 Å². The van der Waals surface area contributed by atoms with Crippen molar-refractivity contribution in [2.75, 3.05) is 56.2 Å². The van der Waals surface area contributed by atoms with E-state index < -0.39 is 132 Å². The van der Waals surface area contributed by atoms with E-state index in [1.54, 1.807) is 72.8 Å². The molecule has 3 aromatic rings. The molecule has 13 N–H and O–H groups in total. The highest BCUT2D eigenvalue weighted by Gasteiger charge is 2.36. The average molecular weight is 1550 g/mol. The highest BCUT2D eigenvalue weighted by atomic mass is 32.2. The molecule has 0 saturated heterocycles. The van der Waals surface area contributed by atoms with Gasteiger partial charge in [0, 0.05) is 32.4 Å². The van der Waals surface area contributed by atoms with Gasteiger partial charge in [-0.05, 0) is 148 Å². The van der Waals surface area contributed by atoms with Crippen molar-refractivity contribution in [3.05, 3.63) is 108 Å². The Labute approximate surface area is 643 Å². The summed E-state index contributed by atoms with van der Waals surface area (Å²) in [6, 6.07) is 14.5. The van der Waals surface area contributed by atoms with Crippen molar-refractivity contribution in [3.8, 4) is 0 Å². The van der Waals surface area contributed by atoms with Gasteiger partial charge in [-0.15, -0.1) is 0 Å². The third-order valence-corrected chi connectivity index (χ3v) is 19.2. The second-order valence-corrected chi connectivity index (χ2v) is 30.4. The monoisotopic (exact) mass is 1550 g/mol. The number of amides is 13. The number of unbranched alkanes of at least 4 members (excludes halogenated alkanes) is 2. The fourth-order valence-corrected chi connectivity index (χ4v) is 13.0. The van der Waals surface area contributed by atoms with Crippen LogP contribution in [0.3, 0.4) is 0 Å². The summed E-state index contributed by atoms with van der Waals surface area (Å²) >= 11 is 4.45. The molecule has 28 nitrogen and oxygen atoms in total. The van der Waals surface area contributed by atoms with E-state index >= 15 is 0 Å². The van der Waals surface area contributed by atoms with E-state index in [0.717, 1.165) is 12.7 Å². The maximum absolute atomic E-state index is 14.9. The molecular formula is C76H115N13O15S3. The highest BCUT2D eigenvalue weighted by Crippen LogP contribution is 2.16. The molecule has 0 fully saturated rings. The number of benzene rings is 3. The fourth-order valence-electron chi connectivity index (χ4n) is 11.6. The van der Waals surface area contributed by atoms with Gasteiger partial charge in [-0.3, -0.25) is 62.3 Å². The van der Waals surface area contributed by atoms with Crippen LogP contribution < -0.4 is 69.1 Å². The standard InChI is InChI=1S/C76H115N13O15S3/c1-49(2)40-60(84-68(95)55(79-46-90)32-37-105-8)71(98)87-63(43-52-24-14-11-15-25-52)67(94)78-36-22-20-30-58(82-74(101)64(44-53-26-16-12-17-27-53)88-72(99)61(41-50(3)4)85-69(96)56(80-47-91)33-38-106-9)66(93)77-35-23-21-31-59(76(103)104-7)83-75(102)65(45-54-28-18-13-19-29-54)89-73(100)62(42-51(5)6)86-70(97)57(81-48-92)34-39-107-10/h11-19,24-29,46-51,55-65H,20-23,30-45H2,1-10H3,(H,77,93)(H,78,94)(H,79,90)(H,80,91)(H,81,92)(H,82,101)(H,83,102)(H,84,95)(H,85,96)(H,86,97)(H,87,98)(H,88,99)(H,89,100)/t55-,56-,57-,58-,59-,60-,61-,62-,63-,64-,65-/m0/s1. The second-order valence-electron chi connectivity index (χ2n) is 27.4. The maximum atomic E-state index is 14.9. The zero-order valence-corrected chi connectivity index (χ0v) is 65.9. The summed E-state index contributed by atoms with van der Waals surface area (Å²) < 4.78 is 5.13. The number of carbonyl (C=O) groups excluding carboxylic acids is 14. The molecule has 31 heteroatoms. The molecule has 0 aliphatic carbocycles. The smallest absolute Gasteiger partial charge is 0.328 e. The van der Waals surface area contributed by atoms with E-state index in [1.165, 1.54) is 35.3 Å². The van der Waals surface area contributed by atoms with Crippen LogP contribution in [0.25, 0.3) is 0 Å². The van der Waals surface area contributed by atoms with Gasteiger partial charge in [0.1, 0.15) is 66.5 Å². The lowest BCUT2D eigenvalue weighted by atomic mass is 10.00. The quantitative estimate of drug-likeness (QED) is 0.0219. The zero-order chi connectivity index (χ0) is 79.1. The van der Waals surface area contributed by atoms with E-state index in [-0.39, 0.29) is 114 Å². The number of hydrogen-bond acceptors (Lipinski definition) is 18. The summed E-state index contributed by atoms with van der Waals surface area (Å²) in [6.07, 6.45) is 9.32. The van der Waals surface area contributed by atoms with Crippen LogP contribution >= 0.6 is 35.3 Å². The first-order valence-electron chi connectivity index (χ1n) is 36.6. The lowest BCUT2D eigenvalue weighted by Gasteiger charge is -2.27. The first-order valence-corrected chi connectivity index (χ1v) is 40.7. The first kappa shape index (κ1) is 92.5. The van der Waals surface area contributed by atoms with Gasteiger partial charge in [0.25, 0.3) is 0 Å². The minimum atomic E-state index is -1.31. The third kappa shape index (κ3) is 37.1. The Hall–Kier alpha value is -8.71. The molecule has 11 atom stereocenters. The molecule has 0 bridgehead atoms. The van der Waals surface area contributed by atoms with Crippen LogP contribution in [0.5, 0.6) is 0 Å². The van der Waals surface area contributed by atoms with E-state index in [2.05, 4.69) is 69.1 Å². The summed E-state index contributed by atoms with van der Waals surface area (Å²) in [6.45, 7) is 11.3. The molecule has 0 aliphatic rings. The fraction of sp³-hybridized carbons (Fsp3) is 0.579. The lowest BCUT2D eigenvalue weighted by molar-refractivity contribution is -0.145. The Morgan fingerprint density at radius 2 is 0.579 bits per heavy atom. The SMILES string of the molecule is COC(=O)[C@H](CCCCNC(=O)[C@H](CCCCNC(=O)[C@H](Cc1ccccc1)NC(=O)[C@H](CC(C)C)NC(=O)[C@H](CCSC)NC=O)NC(=O)[C@H](Cc1ccccc1)NC(=O)[C@H](CC(C)C)NC(=O)[C@H](CCSC)NC=O)NC(=O)[C@H](Cc1ccccc1)NC(=O)[C@H](CC(C)C)NC(=O)[C@H](CCSC)NC=O. The van der Waals surface area contributed by atoms with E-state index in [0.29, 0.717) is 60.5 Å². The third-order valence-electron chi connectivity index (χ3n) is 17.2. The Kier molecular flexibility index (Phi) is 45.9. The first-order chi connectivity index (χ1) is 51.3. The van der Waals surface area contributed by atoms with Gasteiger partial charge in [-0.2, -0.15) is 35.3 Å². The van der Waals surface area contributed by atoms with Gasteiger partial charge in [0.2, 0.25) is 78.3 Å². The number of esters is 1. The Balaban J connectivity index is 1.96. The number of thioether (sulfide) groups is 3. The number of hydrogen-bond donors (Lipinski definition) is 13. The molecule has 3 rings (SSSR count). The Bertz CT molecular complexity index is 3240. The molecule has 0 aliphatic heterocycles. The van der Waals surface area contributed by atoms with Crippen molar-refractivity contribution in [1.29, 1.82) is 0 Å². The summed E-state index contributed by atoms with van der Waals surface area (Å²) in [5, 5.41) is 35.8. The minimum Gasteiger partial charge on any atom is -0.467 e. The van der Waals surface area contributed by atoms with Crippen molar-refractivity contribution in [3.63, 3.8) is 0 Å². The Morgan fingerprint density at radius 1 is 0.327 bits per heavy atom. The van der Waals surface area contributed by atoms with Gasteiger partial charge in [0.05, 0.1) is 7.11 Å². The summed E-state index contributed by atoms with van der Waals surface area (Å²) in [7, 11) is 1.16. The largest absolute Gasteiger partial charge is 0.467 e. The van der Waals surface area contributed by atoms with Crippen LogP contribution in [0.4, 0.5) is 0 Å². The lowest BCUT2D eigenvalue weighted by Crippen LogP contribution is -2.58. The number of ether oxygens (including phenoxy) is 1. The van der Waals surface area contributed by atoms with Gasteiger partial charge < -0.3 is 73.9 Å². The van der Waals surface area contributed by atoms with Crippen molar-refractivity contribution in [2.24, 2.45) is 17.8 Å². The molecule has 0 saturated carbocycles. The maximum Gasteiger partial charge on any atom is 0.328 e. The molecule has 0 spiro atoms. The van der Waals surface area contributed by atoms with Crippen LogP contribution in [-0.4, -0.2) is 207 Å². The van der Waals surface area contributed by atoms with Crippen molar-refractivity contribution in [2.45, 2.75) is 204 Å². The van der Waals surface area contributed by atoms with Crippen LogP contribution in [0.1, 0.15) is 135 Å². The van der Waals surface area contributed by atoms with E-state index in [1.807, 2.05) is 78.5 Å². The van der Waals surface area contributed by atoms with Gasteiger partial charge in [-0.25, -0.2) is 4.79 Å². The topological polar surface area (TPSA) is 405 Å². The van der Waals surface area contributed by atoms with Gasteiger partial charge in [0.15, 0.2) is 0 Å². The highest BCUT2D eigenvalue weighted by molar-refractivity contribution is 7.99. The molecule has 13 amide bonds. The molecule has 0 heterocycles. The summed E-state index contributed by atoms with van der Waals surface area (Å²) in [4.78, 5) is 189. The van der Waals surface area contributed by atoms with Crippen LogP contribution in [0.15, 0.2) is 91.0 Å². The number of nitrogens with one attached hydrogen (secondary N) is 13. The van der Waals surface area contributed by atoms with Crippen LogP contribution in [0, 0.1) is 17.8 Å². The predicted molar refractivity (Wildman–Crippen MR) is 418 cm³/mol. The summed E-state index contributed by atoms with van der Waals surface area (Å²) in [5.74, 6) is -5.70. The number of methoxy groups -OCH3 is 1. The number of rotatable bonds is 56. The molecule has 0 radical (unpaired) electrons. The zero-order valence-electron chi connectivity index (χ0n) is 63.5. The molecule has 0 aromatic heterocycles. The van der Waals surface area contributed by atoms with Crippen LogP contribution in [0.2, 0.25) is 0 Å². The Morgan fingerprint density at radius 3 is 0.869 bits per heavy atom. The molecule has 0 unspecified atom stereocenters. The average Bonchev–Trinajstić information content (AvgIpc) is 0.882. The number of carbonyl (C=O) groups is 14. The summed E-state index contributed by atoms with van der Waals surface area (Å²) in [5.41, 5.74) is 2.06. The second kappa shape index (κ2) is 53.1. The van der Waals surface area contributed by atoms with E-state index in [4.69, 9.17) is 4.74 Å². The molecule has 592 valence electrons. The van der Waals surface area contributed by atoms with E-state index in [9.17, 15) is 67.1 Å². The van der Waals surface area contributed by atoms with Gasteiger partial charge in [-0.1, -0.05) is 133 Å². The predicted octanol–water partition coefficient (Wildman–Crippen LogP) is 3.08. The normalized spacial score (nSPS) is 14.2. The molecule has 3 aromatic carbocycles. The molecular weight excluding hydrogens is 1430 g/mol. The van der Waals surface area contributed by atoms with Crippen LogP contribution in [-0.2, 0) is 91.1 Å². The van der Waals surface area contributed by atoms with Crippen molar-refractivity contribution in [1.82, 2.24) is 69.1 Å². The minimum absolute atomic E-state index is 0.00136. The van der Waals surface area contributed by atoms with Crippen molar-refractivity contribution < 1.29 is 71.9 Å².